The third kappa shape index (κ3) is 3.60. The Balaban J connectivity index is 1.35. The second-order valence-electron chi connectivity index (χ2n) is 11.8. The predicted octanol–water partition coefficient (Wildman–Crippen LogP) is 6.38. The van der Waals surface area contributed by atoms with Crippen molar-refractivity contribution in [1.29, 1.82) is 0 Å². The van der Waals surface area contributed by atoms with Gasteiger partial charge in [-0.25, -0.2) is 9.50 Å². The smallest absolute Gasteiger partial charge is 0.158 e. The van der Waals surface area contributed by atoms with Crippen molar-refractivity contribution in [2.24, 2.45) is 5.41 Å². The molecule has 1 N–H and O–H groups in total. The van der Waals surface area contributed by atoms with Crippen LogP contribution in [0.4, 0.5) is 0 Å². The van der Waals surface area contributed by atoms with Gasteiger partial charge in [0.15, 0.2) is 5.65 Å². The summed E-state index contributed by atoms with van der Waals surface area (Å²) in [6.45, 7) is 16.1. The molecule has 35 heavy (non-hydrogen) atoms. The molecule has 1 saturated carbocycles. The number of nitrogens with one attached hydrogen (secondary N) is 1. The van der Waals surface area contributed by atoms with Gasteiger partial charge in [-0.05, 0) is 88.0 Å². The van der Waals surface area contributed by atoms with E-state index in [0.717, 1.165) is 16.7 Å². The Morgan fingerprint density at radius 3 is 2.46 bits per heavy atom. The maximum absolute atomic E-state index is 5.33. The lowest BCUT2D eigenvalue weighted by Crippen LogP contribution is -2.59. The molecule has 4 aromatic heterocycles. The molecular formula is C29H38N6. The van der Waals surface area contributed by atoms with Gasteiger partial charge in [0.2, 0.25) is 0 Å². The first-order valence-electron chi connectivity index (χ1n) is 13.3. The highest BCUT2D eigenvalue weighted by Crippen LogP contribution is 2.49. The van der Waals surface area contributed by atoms with Crippen LogP contribution >= 0.6 is 0 Å². The van der Waals surface area contributed by atoms with E-state index in [0.29, 0.717) is 23.3 Å². The van der Waals surface area contributed by atoms with Crippen LogP contribution in [0.25, 0.3) is 27.9 Å². The number of fused-ring (bicyclic) bond motifs is 2. The van der Waals surface area contributed by atoms with Crippen LogP contribution in [0, 0.1) is 19.3 Å². The third-order valence-corrected chi connectivity index (χ3v) is 8.95. The average molecular weight is 471 g/mol. The van der Waals surface area contributed by atoms with E-state index in [-0.39, 0.29) is 0 Å². The van der Waals surface area contributed by atoms with Crippen LogP contribution in [0.15, 0.2) is 24.7 Å². The van der Waals surface area contributed by atoms with Crippen LogP contribution in [0.3, 0.4) is 0 Å². The molecule has 2 fully saturated rings. The van der Waals surface area contributed by atoms with E-state index in [9.17, 15) is 0 Å². The molecule has 184 valence electrons. The lowest BCUT2D eigenvalue weighted by Gasteiger charge is -2.55. The summed E-state index contributed by atoms with van der Waals surface area (Å²) in [4.78, 5) is 16.1. The Morgan fingerprint density at radius 2 is 1.77 bits per heavy atom. The first-order chi connectivity index (χ1) is 16.8. The molecule has 5 heterocycles. The summed E-state index contributed by atoms with van der Waals surface area (Å²) < 4.78 is 1.89. The molecule has 2 aliphatic rings. The van der Waals surface area contributed by atoms with Crippen LogP contribution in [0.5, 0.6) is 0 Å². The fourth-order valence-electron chi connectivity index (χ4n) is 6.58. The monoisotopic (exact) mass is 470 g/mol. The van der Waals surface area contributed by atoms with Gasteiger partial charge in [-0.2, -0.15) is 5.10 Å². The van der Waals surface area contributed by atoms with Crippen molar-refractivity contribution in [1.82, 2.24) is 29.5 Å². The van der Waals surface area contributed by atoms with Crippen molar-refractivity contribution in [3.8, 4) is 11.3 Å². The van der Waals surface area contributed by atoms with Gasteiger partial charge in [0.25, 0.3) is 0 Å². The van der Waals surface area contributed by atoms with Crippen LogP contribution < -0.4 is 0 Å². The second-order valence-corrected chi connectivity index (χ2v) is 11.8. The zero-order chi connectivity index (χ0) is 24.5. The van der Waals surface area contributed by atoms with Crippen LogP contribution in [-0.4, -0.2) is 48.6 Å². The van der Waals surface area contributed by atoms with Gasteiger partial charge in [-0.15, -0.1) is 0 Å². The van der Waals surface area contributed by atoms with Gasteiger partial charge >= 0.3 is 0 Å². The summed E-state index contributed by atoms with van der Waals surface area (Å²) in [5, 5.41) is 4.42. The molecule has 4 aromatic rings. The number of hydrogen-bond donors (Lipinski definition) is 1. The Kier molecular flexibility index (Phi) is 5.29. The predicted molar refractivity (Wildman–Crippen MR) is 142 cm³/mol. The first kappa shape index (κ1) is 22.7. The molecular weight excluding hydrogens is 432 g/mol. The van der Waals surface area contributed by atoms with Gasteiger partial charge in [0, 0.05) is 48.1 Å². The van der Waals surface area contributed by atoms with E-state index >= 15 is 0 Å². The minimum Gasteiger partial charge on any atom is -0.353 e. The third-order valence-electron chi connectivity index (χ3n) is 8.95. The lowest BCUT2D eigenvalue weighted by molar-refractivity contribution is -0.0499. The van der Waals surface area contributed by atoms with E-state index in [4.69, 9.17) is 4.98 Å². The van der Waals surface area contributed by atoms with E-state index in [2.05, 4.69) is 79.8 Å². The van der Waals surface area contributed by atoms with E-state index in [1.165, 1.54) is 72.4 Å². The number of hydrogen-bond acceptors (Lipinski definition) is 4. The molecule has 1 spiro atoms. The number of nitrogens with zero attached hydrogens (tertiary/aromatic N) is 5. The number of likely N-dealkylation sites (tertiary alicyclic amines) is 1. The average Bonchev–Trinajstić information content (AvgIpc) is 3.44. The van der Waals surface area contributed by atoms with Crippen molar-refractivity contribution in [3.63, 3.8) is 0 Å². The highest BCUT2D eigenvalue weighted by molar-refractivity contribution is 5.89. The fourth-order valence-corrected chi connectivity index (χ4v) is 6.58. The molecule has 6 heteroatoms. The summed E-state index contributed by atoms with van der Waals surface area (Å²) >= 11 is 0. The SMILES string of the molecule is Cc1c(-c2[nH]c3ccc(C4CCC5(CC4)CN(C(C)C)C5)nc3c2C(C)C)cn2ncnc2c1C. The highest BCUT2D eigenvalue weighted by atomic mass is 15.3. The van der Waals surface area contributed by atoms with Crippen molar-refractivity contribution in [2.45, 2.75) is 85.1 Å². The lowest BCUT2D eigenvalue weighted by atomic mass is 9.65. The largest absolute Gasteiger partial charge is 0.353 e. The normalized spacial score (nSPS) is 19.0. The van der Waals surface area contributed by atoms with Gasteiger partial charge in [0.05, 0.1) is 16.7 Å². The highest BCUT2D eigenvalue weighted by Gasteiger charge is 2.45. The molecule has 1 aliphatic carbocycles. The molecule has 0 bridgehead atoms. The molecule has 0 aromatic carbocycles. The molecule has 0 amide bonds. The minimum atomic E-state index is 0.360. The van der Waals surface area contributed by atoms with Crippen molar-refractivity contribution in [2.75, 3.05) is 13.1 Å². The summed E-state index contributed by atoms with van der Waals surface area (Å²) in [5.41, 5.74) is 11.1. The second kappa shape index (κ2) is 8.16. The van der Waals surface area contributed by atoms with Gasteiger partial charge in [-0.1, -0.05) is 13.8 Å². The van der Waals surface area contributed by atoms with Gasteiger partial charge in [0.1, 0.15) is 6.33 Å². The standard InChI is InChI=1S/C29H38N6/c1-17(2)25-26(22-13-35-28(30-16-31-35)20(6)19(22)5)33-24-8-7-23(32-27(24)25)21-9-11-29(12-10-21)14-34(15-29)18(3)4/h7-8,13,16-18,21,33H,9-12,14-15H2,1-6H3. The summed E-state index contributed by atoms with van der Waals surface area (Å²) in [5.74, 6) is 0.936. The summed E-state index contributed by atoms with van der Waals surface area (Å²) in [6, 6.07) is 5.21. The van der Waals surface area contributed by atoms with Gasteiger partial charge in [-0.3, -0.25) is 9.88 Å². The Hall–Kier alpha value is -2.73. The maximum Gasteiger partial charge on any atom is 0.158 e. The van der Waals surface area contributed by atoms with Crippen LogP contribution in [-0.2, 0) is 0 Å². The van der Waals surface area contributed by atoms with E-state index in [1.807, 2.05) is 4.52 Å². The first-order valence-corrected chi connectivity index (χ1v) is 13.3. The number of aryl methyl sites for hydroxylation is 1. The number of aromatic amines is 1. The number of aromatic nitrogens is 5. The Bertz CT molecular complexity index is 1390. The number of rotatable bonds is 4. The molecule has 0 unspecified atom stereocenters. The number of H-pyrrole nitrogens is 1. The van der Waals surface area contributed by atoms with Crippen LogP contribution in [0.2, 0.25) is 0 Å². The van der Waals surface area contributed by atoms with E-state index < -0.39 is 0 Å². The minimum absolute atomic E-state index is 0.360. The zero-order valence-corrected chi connectivity index (χ0v) is 22.0. The summed E-state index contributed by atoms with van der Waals surface area (Å²) in [6.07, 6.45) is 8.95. The van der Waals surface area contributed by atoms with E-state index in [1.54, 1.807) is 6.33 Å². The van der Waals surface area contributed by atoms with Crippen molar-refractivity contribution < 1.29 is 0 Å². The molecule has 1 saturated heterocycles. The van der Waals surface area contributed by atoms with Crippen LogP contribution in [0.1, 0.15) is 87.6 Å². The molecule has 1 aliphatic heterocycles. The fraction of sp³-hybridized carbons (Fsp3) is 0.552. The maximum atomic E-state index is 5.33. The Morgan fingerprint density at radius 1 is 1.03 bits per heavy atom. The number of pyridine rings is 2. The molecule has 6 nitrogen and oxygen atoms in total. The molecule has 0 atom stereocenters. The Labute approximate surface area is 208 Å². The van der Waals surface area contributed by atoms with Crippen molar-refractivity contribution >= 4 is 16.7 Å². The quantitative estimate of drug-likeness (QED) is 0.376. The molecule has 0 radical (unpaired) electrons. The molecule has 6 rings (SSSR count). The topological polar surface area (TPSA) is 62.1 Å². The zero-order valence-electron chi connectivity index (χ0n) is 22.0. The van der Waals surface area contributed by atoms with Crippen molar-refractivity contribution in [3.05, 3.63) is 47.0 Å². The summed E-state index contributed by atoms with van der Waals surface area (Å²) in [7, 11) is 0. The van der Waals surface area contributed by atoms with Gasteiger partial charge < -0.3 is 4.98 Å².